The lowest BCUT2D eigenvalue weighted by Crippen LogP contribution is -2.17. The van der Waals surface area contributed by atoms with E-state index in [-0.39, 0.29) is 6.04 Å². The van der Waals surface area contributed by atoms with E-state index in [1.807, 2.05) is 23.7 Å². The zero-order chi connectivity index (χ0) is 14.7. The van der Waals surface area contributed by atoms with Crippen LogP contribution in [0.25, 0.3) is 5.69 Å². The molecule has 0 saturated carbocycles. The third-order valence-electron chi connectivity index (χ3n) is 3.36. The first-order chi connectivity index (χ1) is 9.55. The number of rotatable bonds is 5. The highest BCUT2D eigenvalue weighted by Gasteiger charge is 2.11. The normalized spacial score (nSPS) is 12.7. The summed E-state index contributed by atoms with van der Waals surface area (Å²) < 4.78 is 1.96. The lowest BCUT2D eigenvalue weighted by molar-refractivity contribution is 0.737. The Kier molecular flexibility index (Phi) is 4.84. The Labute approximate surface area is 125 Å². The lowest BCUT2D eigenvalue weighted by Gasteiger charge is -2.11. The van der Waals surface area contributed by atoms with E-state index in [1.165, 1.54) is 5.69 Å². The Morgan fingerprint density at radius 1 is 1.25 bits per heavy atom. The van der Waals surface area contributed by atoms with Gasteiger partial charge in [-0.1, -0.05) is 31.5 Å². The van der Waals surface area contributed by atoms with E-state index in [0.717, 1.165) is 41.2 Å². The van der Waals surface area contributed by atoms with Gasteiger partial charge in [-0.15, -0.1) is 0 Å². The van der Waals surface area contributed by atoms with E-state index in [9.17, 15) is 0 Å². The SMILES string of the molecule is CCc1cc(CC)n(-c2ccc(CC(C)N)cc2Cl)n1. The van der Waals surface area contributed by atoms with Crippen molar-refractivity contribution in [3.63, 3.8) is 0 Å². The quantitative estimate of drug-likeness (QED) is 0.916. The second-order valence-electron chi connectivity index (χ2n) is 5.21. The zero-order valence-electron chi connectivity index (χ0n) is 12.4. The van der Waals surface area contributed by atoms with Gasteiger partial charge in [0, 0.05) is 11.7 Å². The van der Waals surface area contributed by atoms with Gasteiger partial charge in [0.15, 0.2) is 0 Å². The Bertz CT molecular complexity index is 587. The lowest BCUT2D eigenvalue weighted by atomic mass is 10.1. The molecular formula is C16H22ClN3. The molecule has 4 heteroatoms. The van der Waals surface area contributed by atoms with Crippen LogP contribution in [0.1, 0.15) is 37.7 Å². The molecule has 0 aliphatic rings. The van der Waals surface area contributed by atoms with Crippen molar-refractivity contribution < 1.29 is 0 Å². The molecule has 1 unspecified atom stereocenters. The first-order valence-corrected chi connectivity index (χ1v) is 7.55. The molecule has 2 rings (SSSR count). The van der Waals surface area contributed by atoms with E-state index in [4.69, 9.17) is 17.3 Å². The molecule has 0 amide bonds. The molecular weight excluding hydrogens is 270 g/mol. The van der Waals surface area contributed by atoms with Gasteiger partial charge in [-0.2, -0.15) is 5.10 Å². The first kappa shape index (κ1) is 15.1. The van der Waals surface area contributed by atoms with Crippen LogP contribution in [0.4, 0.5) is 0 Å². The highest BCUT2D eigenvalue weighted by molar-refractivity contribution is 6.32. The van der Waals surface area contributed by atoms with Gasteiger partial charge >= 0.3 is 0 Å². The molecule has 0 bridgehead atoms. The van der Waals surface area contributed by atoms with Crippen molar-refractivity contribution in [2.24, 2.45) is 5.73 Å². The Morgan fingerprint density at radius 3 is 2.55 bits per heavy atom. The van der Waals surface area contributed by atoms with Crippen molar-refractivity contribution in [1.82, 2.24) is 9.78 Å². The van der Waals surface area contributed by atoms with Crippen LogP contribution >= 0.6 is 11.6 Å². The van der Waals surface area contributed by atoms with Crippen molar-refractivity contribution in [3.05, 3.63) is 46.2 Å². The molecule has 1 heterocycles. The number of hydrogen-bond donors (Lipinski definition) is 1. The van der Waals surface area contributed by atoms with Crippen LogP contribution in [0.2, 0.25) is 5.02 Å². The summed E-state index contributed by atoms with van der Waals surface area (Å²) in [6.45, 7) is 6.24. The van der Waals surface area contributed by atoms with Gasteiger partial charge in [-0.3, -0.25) is 0 Å². The summed E-state index contributed by atoms with van der Waals surface area (Å²) in [7, 11) is 0. The number of benzene rings is 1. The molecule has 0 spiro atoms. The maximum Gasteiger partial charge on any atom is 0.0835 e. The topological polar surface area (TPSA) is 43.8 Å². The van der Waals surface area contributed by atoms with Gasteiger partial charge in [0.2, 0.25) is 0 Å². The summed E-state index contributed by atoms with van der Waals surface area (Å²) in [6.07, 6.45) is 2.70. The van der Waals surface area contributed by atoms with Crippen molar-refractivity contribution in [2.45, 2.75) is 46.1 Å². The Hall–Kier alpha value is -1.32. The minimum Gasteiger partial charge on any atom is -0.328 e. The van der Waals surface area contributed by atoms with E-state index < -0.39 is 0 Å². The third kappa shape index (κ3) is 3.22. The van der Waals surface area contributed by atoms with Gasteiger partial charge in [0.05, 0.1) is 16.4 Å². The molecule has 0 radical (unpaired) electrons. The predicted molar refractivity (Wildman–Crippen MR) is 84.7 cm³/mol. The summed E-state index contributed by atoms with van der Waals surface area (Å²) in [5.74, 6) is 0. The van der Waals surface area contributed by atoms with Gasteiger partial charge in [0.1, 0.15) is 0 Å². The summed E-state index contributed by atoms with van der Waals surface area (Å²) in [5.41, 5.74) is 10.2. The van der Waals surface area contributed by atoms with Gasteiger partial charge in [-0.05, 0) is 49.9 Å². The number of nitrogens with two attached hydrogens (primary N) is 1. The highest BCUT2D eigenvalue weighted by atomic mass is 35.5. The van der Waals surface area contributed by atoms with Crippen LogP contribution in [-0.2, 0) is 19.3 Å². The molecule has 20 heavy (non-hydrogen) atoms. The Balaban J connectivity index is 2.40. The monoisotopic (exact) mass is 291 g/mol. The molecule has 2 N–H and O–H groups in total. The molecule has 1 aromatic heterocycles. The molecule has 0 aliphatic heterocycles. The summed E-state index contributed by atoms with van der Waals surface area (Å²) in [5, 5.41) is 5.35. The highest BCUT2D eigenvalue weighted by Crippen LogP contribution is 2.24. The fraction of sp³-hybridized carbons (Fsp3) is 0.438. The van der Waals surface area contributed by atoms with Crippen molar-refractivity contribution in [3.8, 4) is 5.69 Å². The molecule has 3 nitrogen and oxygen atoms in total. The van der Waals surface area contributed by atoms with Crippen LogP contribution in [0.3, 0.4) is 0 Å². The number of nitrogens with zero attached hydrogens (tertiary/aromatic N) is 2. The summed E-state index contributed by atoms with van der Waals surface area (Å²) >= 11 is 6.43. The smallest absolute Gasteiger partial charge is 0.0835 e. The third-order valence-corrected chi connectivity index (χ3v) is 3.66. The summed E-state index contributed by atoms with van der Waals surface area (Å²) in [4.78, 5) is 0. The zero-order valence-corrected chi connectivity index (χ0v) is 13.1. The van der Waals surface area contributed by atoms with Crippen molar-refractivity contribution in [1.29, 1.82) is 0 Å². The maximum atomic E-state index is 6.43. The molecule has 0 aliphatic carbocycles. The molecule has 1 atom stereocenters. The van der Waals surface area contributed by atoms with E-state index >= 15 is 0 Å². The number of halogens is 1. The van der Waals surface area contributed by atoms with Gasteiger partial charge in [-0.25, -0.2) is 4.68 Å². The molecule has 108 valence electrons. The van der Waals surface area contributed by atoms with E-state index in [2.05, 4.69) is 31.1 Å². The molecule has 1 aromatic carbocycles. The van der Waals surface area contributed by atoms with Gasteiger partial charge < -0.3 is 5.73 Å². The van der Waals surface area contributed by atoms with Crippen molar-refractivity contribution in [2.75, 3.05) is 0 Å². The van der Waals surface area contributed by atoms with Crippen LogP contribution < -0.4 is 5.73 Å². The standard InChI is InChI=1S/C16H22ClN3/c1-4-13-10-14(5-2)20(19-13)16-7-6-12(8-11(3)18)9-15(16)17/h6-7,9-11H,4-5,8,18H2,1-3H3. The van der Waals surface area contributed by atoms with Gasteiger partial charge in [0.25, 0.3) is 0 Å². The number of aromatic nitrogens is 2. The fourth-order valence-corrected chi connectivity index (χ4v) is 2.61. The largest absolute Gasteiger partial charge is 0.328 e. The first-order valence-electron chi connectivity index (χ1n) is 7.17. The molecule has 2 aromatic rings. The average molecular weight is 292 g/mol. The van der Waals surface area contributed by atoms with Crippen LogP contribution in [0, 0.1) is 0 Å². The minimum atomic E-state index is 0.138. The molecule has 0 fully saturated rings. The van der Waals surface area contributed by atoms with E-state index in [1.54, 1.807) is 0 Å². The second-order valence-corrected chi connectivity index (χ2v) is 5.62. The van der Waals surface area contributed by atoms with E-state index in [0.29, 0.717) is 0 Å². The number of aryl methyl sites for hydroxylation is 2. The Morgan fingerprint density at radius 2 is 2.00 bits per heavy atom. The van der Waals surface area contributed by atoms with Crippen LogP contribution in [0.15, 0.2) is 24.3 Å². The number of hydrogen-bond acceptors (Lipinski definition) is 2. The maximum absolute atomic E-state index is 6.43. The van der Waals surface area contributed by atoms with Crippen molar-refractivity contribution >= 4 is 11.6 Å². The minimum absolute atomic E-state index is 0.138. The van der Waals surface area contributed by atoms with Crippen LogP contribution in [0.5, 0.6) is 0 Å². The second kappa shape index (κ2) is 6.42. The summed E-state index contributed by atoms with van der Waals surface area (Å²) in [6, 6.07) is 8.39. The average Bonchev–Trinajstić information content (AvgIpc) is 2.81. The molecule has 0 saturated heterocycles. The predicted octanol–water partition coefficient (Wildman–Crippen LogP) is 3.54. The van der Waals surface area contributed by atoms with Crippen LogP contribution in [-0.4, -0.2) is 15.8 Å². The fourth-order valence-electron chi connectivity index (χ4n) is 2.33.